The van der Waals surface area contributed by atoms with E-state index in [1.54, 1.807) is 13.0 Å². The van der Waals surface area contributed by atoms with Gasteiger partial charge in [-0.25, -0.2) is 4.98 Å². The summed E-state index contributed by atoms with van der Waals surface area (Å²) in [6, 6.07) is 5.18. The van der Waals surface area contributed by atoms with Gasteiger partial charge >= 0.3 is 6.18 Å². The van der Waals surface area contributed by atoms with E-state index in [4.69, 9.17) is 14.0 Å². The molecule has 2 aromatic rings. The van der Waals surface area contributed by atoms with E-state index in [9.17, 15) is 18.0 Å². The topological polar surface area (TPSA) is 89.7 Å². The van der Waals surface area contributed by atoms with E-state index < -0.39 is 12.8 Å². The minimum atomic E-state index is -4.37. The van der Waals surface area contributed by atoms with Crippen LogP contribution in [0.25, 0.3) is 0 Å². The van der Waals surface area contributed by atoms with Crippen molar-refractivity contribution in [2.75, 3.05) is 32.8 Å². The van der Waals surface area contributed by atoms with Gasteiger partial charge in [0.05, 0.1) is 0 Å². The quantitative estimate of drug-likeness (QED) is 0.548. The number of fused-ring (bicyclic) bond motifs is 1. The summed E-state index contributed by atoms with van der Waals surface area (Å²) in [6.45, 7) is 3.09. The summed E-state index contributed by atoms with van der Waals surface area (Å²) >= 11 is 0. The zero-order valence-corrected chi connectivity index (χ0v) is 20.5. The van der Waals surface area contributed by atoms with E-state index in [-0.39, 0.29) is 24.4 Å². The first-order valence-corrected chi connectivity index (χ1v) is 12.5. The van der Waals surface area contributed by atoms with Crippen molar-refractivity contribution < 1.29 is 32.0 Å². The molecule has 0 aromatic carbocycles. The second kappa shape index (κ2) is 11.9. The SMILES string of the molecule is Cc1cc(OCC(=O)NC2CCC(CCN3CCc4ccc(OCC(F)(F)F)nc4CC3)CC2)no1. The normalized spacial score (nSPS) is 20.9. The highest BCUT2D eigenvalue weighted by Crippen LogP contribution is 2.28. The summed E-state index contributed by atoms with van der Waals surface area (Å²) < 4.78 is 52.3. The summed E-state index contributed by atoms with van der Waals surface area (Å²) in [7, 11) is 0. The first kappa shape index (κ1) is 26.2. The van der Waals surface area contributed by atoms with Gasteiger partial charge in [0, 0.05) is 43.4 Å². The molecule has 0 bridgehead atoms. The van der Waals surface area contributed by atoms with Crippen molar-refractivity contribution in [1.29, 1.82) is 0 Å². The van der Waals surface area contributed by atoms with Crippen molar-refractivity contribution in [3.63, 3.8) is 0 Å². The number of nitrogens with one attached hydrogen (secondary N) is 1. The van der Waals surface area contributed by atoms with Crippen molar-refractivity contribution in [2.45, 2.75) is 64.1 Å². The van der Waals surface area contributed by atoms with Crippen LogP contribution in [0.5, 0.6) is 11.8 Å². The minimum absolute atomic E-state index is 0.0307. The summed E-state index contributed by atoms with van der Waals surface area (Å²) in [4.78, 5) is 18.9. The van der Waals surface area contributed by atoms with Crippen molar-refractivity contribution in [3.8, 4) is 11.8 Å². The first-order chi connectivity index (χ1) is 17.2. The van der Waals surface area contributed by atoms with Crippen LogP contribution in [0.4, 0.5) is 13.2 Å². The van der Waals surface area contributed by atoms with Crippen LogP contribution in [0.2, 0.25) is 0 Å². The average molecular weight is 511 g/mol. The summed E-state index contributed by atoms with van der Waals surface area (Å²) in [6.07, 6.45) is 2.31. The number of carbonyl (C=O) groups excluding carboxylic acids is 1. The number of ether oxygens (including phenoxy) is 2. The van der Waals surface area contributed by atoms with Gasteiger partial charge in [0.25, 0.3) is 11.8 Å². The molecule has 1 aliphatic carbocycles. The number of carbonyl (C=O) groups is 1. The van der Waals surface area contributed by atoms with E-state index in [1.807, 2.05) is 6.07 Å². The molecule has 0 saturated heterocycles. The predicted molar refractivity (Wildman–Crippen MR) is 125 cm³/mol. The lowest BCUT2D eigenvalue weighted by molar-refractivity contribution is -0.154. The molecule has 2 aliphatic rings. The highest BCUT2D eigenvalue weighted by Gasteiger charge is 2.29. The molecule has 1 fully saturated rings. The molecule has 1 aliphatic heterocycles. The van der Waals surface area contributed by atoms with Crippen LogP contribution in [-0.4, -0.2) is 66.0 Å². The van der Waals surface area contributed by atoms with Crippen LogP contribution in [0.3, 0.4) is 0 Å². The molecular weight excluding hydrogens is 477 g/mol. The lowest BCUT2D eigenvalue weighted by Gasteiger charge is -2.30. The van der Waals surface area contributed by atoms with Crippen LogP contribution in [0.1, 0.15) is 49.1 Å². The molecule has 11 heteroatoms. The van der Waals surface area contributed by atoms with E-state index in [0.29, 0.717) is 24.0 Å². The predicted octanol–water partition coefficient (Wildman–Crippen LogP) is 3.86. The highest BCUT2D eigenvalue weighted by molar-refractivity contribution is 5.77. The van der Waals surface area contributed by atoms with E-state index in [2.05, 4.69) is 20.4 Å². The van der Waals surface area contributed by atoms with Crippen molar-refractivity contribution in [3.05, 3.63) is 35.2 Å². The number of amides is 1. The van der Waals surface area contributed by atoms with Crippen molar-refractivity contribution in [1.82, 2.24) is 20.4 Å². The van der Waals surface area contributed by atoms with Crippen molar-refractivity contribution in [2.24, 2.45) is 5.92 Å². The molecule has 198 valence electrons. The molecule has 2 aromatic heterocycles. The van der Waals surface area contributed by atoms with Crippen LogP contribution in [-0.2, 0) is 17.6 Å². The van der Waals surface area contributed by atoms with Gasteiger partial charge in [0.15, 0.2) is 13.2 Å². The Hall–Kier alpha value is -2.82. The van der Waals surface area contributed by atoms with E-state index >= 15 is 0 Å². The highest BCUT2D eigenvalue weighted by atomic mass is 19.4. The van der Waals surface area contributed by atoms with Crippen LogP contribution in [0.15, 0.2) is 22.7 Å². The fourth-order valence-corrected chi connectivity index (χ4v) is 4.85. The molecule has 8 nitrogen and oxygen atoms in total. The maximum Gasteiger partial charge on any atom is 0.422 e. The third-order valence-corrected chi connectivity index (χ3v) is 6.81. The standard InChI is InChI=1S/C25H33F3N4O4/c1-17-14-24(31-36-17)34-15-22(33)29-20-5-2-18(3-6-20)8-11-32-12-9-19-4-7-23(30-21(19)10-13-32)35-16-25(26,27)28/h4,7,14,18,20H,2-3,5-6,8-13,15-16H2,1H3,(H,29,33). The van der Waals surface area contributed by atoms with Crippen molar-refractivity contribution >= 4 is 5.91 Å². The van der Waals surface area contributed by atoms with Gasteiger partial charge in [-0.15, -0.1) is 0 Å². The molecule has 0 unspecified atom stereocenters. The van der Waals surface area contributed by atoms with Gasteiger partial charge in [-0.3, -0.25) is 4.79 Å². The number of pyridine rings is 1. The fourth-order valence-electron chi connectivity index (χ4n) is 4.85. The second-order valence-corrected chi connectivity index (χ2v) is 9.64. The second-order valence-electron chi connectivity index (χ2n) is 9.64. The molecular formula is C25H33F3N4O4. The Balaban J connectivity index is 1.13. The molecule has 0 spiro atoms. The molecule has 4 rings (SSSR count). The lowest BCUT2D eigenvalue weighted by Crippen LogP contribution is -2.40. The molecule has 1 amide bonds. The number of hydrogen-bond donors (Lipinski definition) is 1. The Morgan fingerprint density at radius 1 is 1.14 bits per heavy atom. The number of nitrogens with zero attached hydrogens (tertiary/aromatic N) is 3. The third-order valence-electron chi connectivity index (χ3n) is 6.81. The molecule has 0 radical (unpaired) electrons. The maximum absolute atomic E-state index is 12.4. The summed E-state index contributed by atoms with van der Waals surface area (Å²) in [5, 5.41) is 6.76. The van der Waals surface area contributed by atoms with Gasteiger partial charge in [-0.05, 0) is 68.6 Å². The zero-order chi connectivity index (χ0) is 25.5. The fraction of sp³-hybridized carbons (Fsp3) is 0.640. The van der Waals surface area contributed by atoms with Gasteiger partial charge in [-0.2, -0.15) is 13.2 Å². The molecule has 36 heavy (non-hydrogen) atoms. The van der Waals surface area contributed by atoms with E-state index in [0.717, 1.165) is 69.4 Å². The number of aryl methyl sites for hydroxylation is 1. The summed E-state index contributed by atoms with van der Waals surface area (Å²) in [5.74, 6) is 1.45. The number of halogens is 3. The van der Waals surface area contributed by atoms with Gasteiger partial charge < -0.3 is 24.2 Å². The number of hydrogen-bond acceptors (Lipinski definition) is 7. The zero-order valence-electron chi connectivity index (χ0n) is 20.5. The molecule has 3 heterocycles. The van der Waals surface area contributed by atoms with Gasteiger partial charge in [0.2, 0.25) is 5.88 Å². The Labute approximate surface area is 208 Å². The molecule has 0 atom stereocenters. The minimum Gasteiger partial charge on any atom is -0.468 e. The van der Waals surface area contributed by atoms with E-state index in [1.165, 1.54) is 6.07 Å². The third kappa shape index (κ3) is 8.11. The maximum atomic E-state index is 12.4. The smallest absolute Gasteiger partial charge is 0.422 e. The number of aromatic nitrogens is 2. The van der Waals surface area contributed by atoms with Crippen LogP contribution < -0.4 is 14.8 Å². The van der Waals surface area contributed by atoms with Crippen LogP contribution >= 0.6 is 0 Å². The summed E-state index contributed by atoms with van der Waals surface area (Å²) in [5.41, 5.74) is 1.91. The number of rotatable bonds is 9. The molecule has 1 saturated carbocycles. The first-order valence-electron chi connectivity index (χ1n) is 12.5. The average Bonchev–Trinajstić information content (AvgIpc) is 3.15. The Bertz CT molecular complexity index is 1010. The van der Waals surface area contributed by atoms with Gasteiger partial charge in [0.1, 0.15) is 5.76 Å². The monoisotopic (exact) mass is 510 g/mol. The Kier molecular flexibility index (Phi) is 8.71. The number of alkyl halides is 3. The lowest BCUT2D eigenvalue weighted by atomic mass is 9.84. The molecule has 1 N–H and O–H groups in total. The van der Waals surface area contributed by atoms with Gasteiger partial charge in [-0.1, -0.05) is 6.07 Å². The Morgan fingerprint density at radius 2 is 1.92 bits per heavy atom. The van der Waals surface area contributed by atoms with Crippen LogP contribution in [0, 0.1) is 12.8 Å². The Morgan fingerprint density at radius 3 is 2.64 bits per heavy atom. The largest absolute Gasteiger partial charge is 0.468 e.